The number of nitrogens with one attached hydrogen (secondary N) is 2. The molecule has 0 unspecified atom stereocenters. The zero-order valence-corrected chi connectivity index (χ0v) is 17.7. The molecule has 0 aliphatic carbocycles. The molecule has 0 saturated heterocycles. The lowest BCUT2D eigenvalue weighted by Crippen LogP contribution is -2.45. The standard InChI is InChI=1S/C24H18N4O5/c1-32-14-8-10-20(33-2)17(12-14)21-25-18-9-7-13(11-19(18)26-21)22(29)27-28-23(30)15-5-3-4-6-16(15)24(28)31/h3-12H,1-2H3,(H,25,26)(H,27,29). The molecule has 4 aromatic rings. The van der Waals surface area contributed by atoms with E-state index in [0.717, 1.165) is 5.01 Å². The highest BCUT2D eigenvalue weighted by Gasteiger charge is 2.36. The van der Waals surface area contributed by atoms with Crippen LogP contribution in [0.1, 0.15) is 31.1 Å². The highest BCUT2D eigenvalue weighted by Crippen LogP contribution is 2.33. The number of hydrogen-bond donors (Lipinski definition) is 2. The van der Waals surface area contributed by atoms with Crippen LogP contribution in [-0.4, -0.2) is 46.9 Å². The van der Waals surface area contributed by atoms with Crippen molar-refractivity contribution in [2.45, 2.75) is 0 Å². The van der Waals surface area contributed by atoms with Crippen LogP contribution in [-0.2, 0) is 0 Å². The summed E-state index contributed by atoms with van der Waals surface area (Å²) in [5.74, 6) is 0.0591. The van der Waals surface area contributed by atoms with Crippen LogP contribution in [0.5, 0.6) is 11.5 Å². The number of nitrogens with zero attached hydrogens (tertiary/aromatic N) is 2. The SMILES string of the molecule is COc1ccc(OC)c(-c2nc3ccc(C(=O)NN4C(=O)c5ccccc5C4=O)cc3[nH]2)c1. The second-order valence-corrected chi connectivity index (χ2v) is 7.32. The van der Waals surface area contributed by atoms with Crippen LogP contribution < -0.4 is 14.9 Å². The van der Waals surface area contributed by atoms with E-state index in [0.29, 0.717) is 33.9 Å². The monoisotopic (exact) mass is 442 g/mol. The molecule has 0 atom stereocenters. The van der Waals surface area contributed by atoms with Gasteiger partial charge in [-0.05, 0) is 48.5 Å². The van der Waals surface area contributed by atoms with Gasteiger partial charge >= 0.3 is 0 Å². The van der Waals surface area contributed by atoms with Crippen LogP contribution in [0.3, 0.4) is 0 Å². The predicted molar refractivity (Wildman–Crippen MR) is 119 cm³/mol. The number of ether oxygens (including phenoxy) is 2. The van der Waals surface area contributed by atoms with Crippen LogP contribution >= 0.6 is 0 Å². The van der Waals surface area contributed by atoms with Crippen molar-refractivity contribution < 1.29 is 23.9 Å². The molecular formula is C24H18N4O5. The number of benzene rings is 3. The topological polar surface area (TPSA) is 114 Å². The molecule has 1 aliphatic heterocycles. The molecule has 1 aliphatic rings. The highest BCUT2D eigenvalue weighted by atomic mass is 16.5. The van der Waals surface area contributed by atoms with Crippen molar-refractivity contribution in [1.29, 1.82) is 0 Å². The van der Waals surface area contributed by atoms with Crippen molar-refractivity contribution in [2.75, 3.05) is 14.2 Å². The average molecular weight is 442 g/mol. The summed E-state index contributed by atoms with van der Waals surface area (Å²) in [6, 6.07) is 16.6. The number of methoxy groups -OCH3 is 2. The van der Waals surface area contributed by atoms with E-state index < -0.39 is 17.7 Å². The number of imide groups is 1. The number of carbonyl (C=O) groups excluding carboxylic acids is 3. The molecule has 33 heavy (non-hydrogen) atoms. The minimum Gasteiger partial charge on any atom is -0.497 e. The summed E-state index contributed by atoms with van der Waals surface area (Å²) in [6.45, 7) is 0. The number of imidazole rings is 1. The smallest absolute Gasteiger partial charge is 0.280 e. The van der Waals surface area contributed by atoms with Gasteiger partial charge in [-0.1, -0.05) is 12.1 Å². The first kappa shape index (κ1) is 20.3. The van der Waals surface area contributed by atoms with E-state index in [1.165, 1.54) is 0 Å². The lowest BCUT2D eigenvalue weighted by atomic mass is 10.1. The second-order valence-electron chi connectivity index (χ2n) is 7.32. The minimum atomic E-state index is -0.596. The van der Waals surface area contributed by atoms with Crippen LogP contribution in [0.2, 0.25) is 0 Å². The fourth-order valence-corrected chi connectivity index (χ4v) is 3.73. The molecule has 164 valence electrons. The molecule has 3 aromatic carbocycles. The van der Waals surface area contributed by atoms with Crippen LogP contribution in [0.15, 0.2) is 60.7 Å². The number of fused-ring (bicyclic) bond motifs is 2. The van der Waals surface area contributed by atoms with Gasteiger partial charge in [0.25, 0.3) is 17.7 Å². The van der Waals surface area contributed by atoms with Crippen LogP contribution in [0, 0.1) is 0 Å². The van der Waals surface area contributed by atoms with E-state index in [4.69, 9.17) is 9.47 Å². The van der Waals surface area contributed by atoms with Gasteiger partial charge in [-0.3, -0.25) is 19.8 Å². The first-order chi connectivity index (χ1) is 16.0. The van der Waals surface area contributed by atoms with Gasteiger partial charge in [-0.25, -0.2) is 4.98 Å². The Kier molecular flexibility index (Phi) is 4.78. The molecule has 0 bridgehead atoms. The third kappa shape index (κ3) is 3.35. The van der Waals surface area contributed by atoms with Crippen molar-refractivity contribution in [3.63, 3.8) is 0 Å². The summed E-state index contributed by atoms with van der Waals surface area (Å²) in [4.78, 5) is 45.6. The number of H-pyrrole nitrogens is 1. The fraction of sp³-hybridized carbons (Fsp3) is 0.0833. The first-order valence-electron chi connectivity index (χ1n) is 10.0. The van der Waals surface area contributed by atoms with Crippen LogP contribution in [0.4, 0.5) is 0 Å². The van der Waals surface area contributed by atoms with Gasteiger partial charge in [0.05, 0.1) is 41.9 Å². The van der Waals surface area contributed by atoms with Gasteiger partial charge in [0.2, 0.25) is 0 Å². The normalized spacial score (nSPS) is 12.7. The predicted octanol–water partition coefficient (Wildman–Crippen LogP) is 3.19. The Hall–Kier alpha value is -4.66. The molecule has 9 heteroatoms. The van der Waals surface area contributed by atoms with Crippen molar-refractivity contribution in [3.8, 4) is 22.9 Å². The number of hydrazine groups is 1. The minimum absolute atomic E-state index is 0.253. The number of hydrogen-bond acceptors (Lipinski definition) is 6. The molecule has 9 nitrogen and oxygen atoms in total. The average Bonchev–Trinajstić information content (AvgIpc) is 3.38. The number of carbonyl (C=O) groups is 3. The molecule has 0 saturated carbocycles. The number of rotatable bonds is 5. The Balaban J connectivity index is 1.44. The van der Waals surface area contributed by atoms with E-state index in [-0.39, 0.29) is 16.7 Å². The summed E-state index contributed by atoms with van der Waals surface area (Å²) in [7, 11) is 3.14. The maximum absolute atomic E-state index is 12.8. The van der Waals surface area contributed by atoms with Gasteiger partial charge in [0.15, 0.2) is 0 Å². The van der Waals surface area contributed by atoms with Gasteiger partial charge in [0, 0.05) is 5.56 Å². The van der Waals surface area contributed by atoms with Crippen molar-refractivity contribution in [3.05, 3.63) is 77.4 Å². The first-order valence-corrected chi connectivity index (χ1v) is 10.0. The Morgan fingerprint density at radius 2 is 1.64 bits per heavy atom. The molecule has 0 radical (unpaired) electrons. The highest BCUT2D eigenvalue weighted by molar-refractivity contribution is 6.22. The second kappa shape index (κ2) is 7.79. The van der Waals surface area contributed by atoms with E-state index in [9.17, 15) is 14.4 Å². The van der Waals surface area contributed by atoms with Crippen LogP contribution in [0.25, 0.3) is 22.4 Å². The van der Waals surface area contributed by atoms with E-state index in [1.54, 1.807) is 74.9 Å². The molecule has 1 aromatic heterocycles. The van der Waals surface area contributed by atoms with Crippen molar-refractivity contribution in [1.82, 2.24) is 20.4 Å². The number of aromatic nitrogens is 2. The Morgan fingerprint density at radius 3 is 2.30 bits per heavy atom. The van der Waals surface area contributed by atoms with E-state index in [2.05, 4.69) is 15.4 Å². The molecule has 0 spiro atoms. The number of aromatic amines is 1. The third-order valence-corrected chi connectivity index (χ3v) is 5.41. The van der Waals surface area contributed by atoms with Gasteiger partial charge < -0.3 is 14.5 Å². The molecule has 0 fully saturated rings. The summed E-state index contributed by atoms with van der Waals surface area (Å²) in [5, 5.41) is 0.733. The third-order valence-electron chi connectivity index (χ3n) is 5.41. The summed E-state index contributed by atoms with van der Waals surface area (Å²) in [6.07, 6.45) is 0. The van der Waals surface area contributed by atoms with Crippen molar-refractivity contribution in [2.24, 2.45) is 0 Å². The van der Waals surface area contributed by atoms with Gasteiger partial charge in [-0.15, -0.1) is 0 Å². The molecule has 2 N–H and O–H groups in total. The maximum Gasteiger partial charge on any atom is 0.280 e. The molecule has 5 rings (SSSR count). The fourth-order valence-electron chi connectivity index (χ4n) is 3.73. The quantitative estimate of drug-likeness (QED) is 0.459. The van der Waals surface area contributed by atoms with E-state index >= 15 is 0 Å². The number of amides is 3. The van der Waals surface area contributed by atoms with E-state index in [1.807, 2.05) is 0 Å². The zero-order valence-electron chi connectivity index (χ0n) is 17.7. The van der Waals surface area contributed by atoms with Gasteiger partial charge in [-0.2, -0.15) is 5.01 Å². The molecule has 2 heterocycles. The molecule has 3 amide bonds. The Labute approximate surface area is 187 Å². The zero-order chi connectivity index (χ0) is 23.1. The van der Waals surface area contributed by atoms with Gasteiger partial charge in [0.1, 0.15) is 17.3 Å². The summed E-state index contributed by atoms with van der Waals surface area (Å²) >= 11 is 0. The summed E-state index contributed by atoms with van der Waals surface area (Å²) < 4.78 is 10.7. The Bertz CT molecular complexity index is 1410. The van der Waals surface area contributed by atoms with Crippen molar-refractivity contribution >= 4 is 28.8 Å². The maximum atomic E-state index is 12.8. The lowest BCUT2D eigenvalue weighted by molar-refractivity contribution is 0.0518. The largest absolute Gasteiger partial charge is 0.497 e. The lowest BCUT2D eigenvalue weighted by Gasteiger charge is -2.14. The Morgan fingerprint density at radius 1 is 0.909 bits per heavy atom. The molecular weight excluding hydrogens is 424 g/mol. The summed E-state index contributed by atoms with van der Waals surface area (Å²) in [5.41, 5.74) is 5.10.